The second kappa shape index (κ2) is 8.69. The van der Waals surface area contributed by atoms with E-state index >= 15 is 0 Å². The quantitative estimate of drug-likeness (QED) is 0.691. The highest BCUT2D eigenvalue weighted by Crippen LogP contribution is 2.37. The van der Waals surface area contributed by atoms with Crippen LogP contribution >= 0.6 is 0 Å². The van der Waals surface area contributed by atoms with Crippen molar-refractivity contribution in [2.24, 2.45) is 5.92 Å². The van der Waals surface area contributed by atoms with Crippen LogP contribution in [0.4, 0.5) is 4.39 Å². The van der Waals surface area contributed by atoms with Gasteiger partial charge in [0.15, 0.2) is 5.78 Å². The Morgan fingerprint density at radius 3 is 2.76 bits per heavy atom. The van der Waals surface area contributed by atoms with Crippen molar-refractivity contribution in [3.05, 3.63) is 68.9 Å². The molecule has 3 rings (SSSR count). The lowest BCUT2D eigenvalue weighted by Gasteiger charge is -2.12. The summed E-state index contributed by atoms with van der Waals surface area (Å²) in [4.78, 5) is 37.7. The number of ether oxygens (including phenoxy) is 1. The molecule has 0 unspecified atom stereocenters. The fraction of sp³-hybridized carbons (Fsp3) is 0.409. The van der Waals surface area contributed by atoms with Crippen LogP contribution in [0, 0.1) is 18.7 Å². The molecule has 7 heteroatoms. The molecule has 154 valence electrons. The fourth-order valence-corrected chi connectivity index (χ4v) is 3.42. The molecule has 1 aliphatic rings. The number of halogens is 1. The molecule has 2 aromatic rings. The molecule has 1 fully saturated rings. The topological polar surface area (TPSA) is 77.4 Å². The van der Waals surface area contributed by atoms with Gasteiger partial charge >= 0.3 is 0 Å². The van der Waals surface area contributed by atoms with Crippen molar-refractivity contribution < 1.29 is 18.7 Å². The number of nitrogens with zero attached hydrogens (tertiary/aromatic N) is 1. The van der Waals surface area contributed by atoms with Gasteiger partial charge in [-0.15, -0.1) is 0 Å². The number of aromatic nitrogens is 1. The van der Waals surface area contributed by atoms with E-state index in [9.17, 15) is 18.8 Å². The third kappa shape index (κ3) is 4.79. The van der Waals surface area contributed by atoms with Crippen molar-refractivity contribution in [2.45, 2.75) is 39.3 Å². The smallest absolute Gasteiger partial charge is 0.263 e. The minimum absolute atomic E-state index is 0.0670. The summed E-state index contributed by atoms with van der Waals surface area (Å²) in [5.74, 6) is -1.04. The third-order valence-corrected chi connectivity index (χ3v) is 5.11. The molecule has 1 aromatic heterocycles. The molecular formula is C22H25FN2O4. The number of hydrogen-bond acceptors (Lipinski definition) is 4. The van der Waals surface area contributed by atoms with Gasteiger partial charge in [0.05, 0.1) is 12.6 Å². The highest BCUT2D eigenvalue weighted by Gasteiger charge is 2.39. The molecule has 0 bridgehead atoms. The molecule has 0 radical (unpaired) electrons. The molecule has 1 amide bonds. The van der Waals surface area contributed by atoms with Crippen LogP contribution < -0.4 is 10.9 Å². The van der Waals surface area contributed by atoms with Gasteiger partial charge in [0, 0.05) is 37.4 Å². The first-order chi connectivity index (χ1) is 13.8. The molecule has 1 aliphatic carbocycles. The van der Waals surface area contributed by atoms with Crippen LogP contribution in [0.5, 0.6) is 0 Å². The van der Waals surface area contributed by atoms with Crippen LogP contribution in [0.2, 0.25) is 0 Å². The van der Waals surface area contributed by atoms with Gasteiger partial charge in [-0.2, -0.15) is 0 Å². The standard InChI is InChI=1S/C22H25FN2O4/c1-4-29-20-10-14(20)9-19(26)16-8-17(21(27)24-3)22(28)25(12-16)11-15-7-13(2)5-6-18(15)23/h5-8,12,14,20H,4,9-11H2,1-3H3,(H,24,27)/t14-,20-/m0/s1. The maximum absolute atomic E-state index is 14.2. The van der Waals surface area contributed by atoms with E-state index in [-0.39, 0.29) is 41.9 Å². The van der Waals surface area contributed by atoms with E-state index in [1.807, 2.05) is 13.8 Å². The number of hydrogen-bond donors (Lipinski definition) is 1. The Kier molecular flexibility index (Phi) is 6.27. The molecule has 1 N–H and O–H groups in total. The number of rotatable bonds is 8. The van der Waals surface area contributed by atoms with Crippen molar-refractivity contribution in [1.29, 1.82) is 0 Å². The van der Waals surface area contributed by atoms with Gasteiger partial charge in [-0.25, -0.2) is 4.39 Å². The summed E-state index contributed by atoms with van der Waals surface area (Å²) in [5, 5.41) is 2.42. The molecule has 1 aromatic carbocycles. The number of Topliss-reactive ketones (excluding diaryl/α,β-unsaturated/α-hetero) is 1. The highest BCUT2D eigenvalue weighted by atomic mass is 19.1. The number of pyridine rings is 1. The lowest BCUT2D eigenvalue weighted by molar-refractivity contribution is 0.0931. The van der Waals surface area contributed by atoms with E-state index in [0.717, 1.165) is 12.0 Å². The lowest BCUT2D eigenvalue weighted by atomic mass is 10.0. The van der Waals surface area contributed by atoms with Crippen LogP contribution in [-0.4, -0.2) is 36.0 Å². The Labute approximate surface area is 168 Å². The van der Waals surface area contributed by atoms with Gasteiger partial charge in [-0.3, -0.25) is 14.4 Å². The zero-order chi connectivity index (χ0) is 21.1. The van der Waals surface area contributed by atoms with Crippen molar-refractivity contribution >= 4 is 11.7 Å². The summed E-state index contributed by atoms with van der Waals surface area (Å²) in [7, 11) is 1.41. The largest absolute Gasteiger partial charge is 0.378 e. The van der Waals surface area contributed by atoms with Crippen LogP contribution in [0.3, 0.4) is 0 Å². The first kappa shape index (κ1) is 20.9. The molecule has 6 nitrogen and oxygen atoms in total. The Morgan fingerprint density at radius 2 is 2.07 bits per heavy atom. The summed E-state index contributed by atoms with van der Waals surface area (Å²) in [5.41, 5.74) is 0.726. The molecule has 0 spiro atoms. The summed E-state index contributed by atoms with van der Waals surface area (Å²) in [6, 6.07) is 5.95. The highest BCUT2D eigenvalue weighted by molar-refractivity contribution is 6.00. The van der Waals surface area contributed by atoms with E-state index in [2.05, 4.69) is 5.32 Å². The van der Waals surface area contributed by atoms with Crippen molar-refractivity contribution in [2.75, 3.05) is 13.7 Å². The van der Waals surface area contributed by atoms with E-state index in [1.54, 1.807) is 12.1 Å². The minimum atomic E-state index is -0.582. The van der Waals surface area contributed by atoms with Gasteiger partial charge in [0.25, 0.3) is 11.5 Å². The maximum atomic E-state index is 14.2. The van der Waals surface area contributed by atoms with Crippen molar-refractivity contribution in [3.8, 4) is 0 Å². The zero-order valence-electron chi connectivity index (χ0n) is 16.8. The second-order valence-corrected chi connectivity index (χ2v) is 7.37. The minimum Gasteiger partial charge on any atom is -0.378 e. The summed E-state index contributed by atoms with van der Waals surface area (Å²) in [6.07, 6.45) is 2.62. The van der Waals surface area contributed by atoms with Gasteiger partial charge < -0.3 is 14.6 Å². The molecule has 2 atom stereocenters. The van der Waals surface area contributed by atoms with Crippen LogP contribution in [0.15, 0.2) is 35.3 Å². The number of benzene rings is 1. The number of amides is 1. The first-order valence-corrected chi connectivity index (χ1v) is 9.70. The average Bonchev–Trinajstić information content (AvgIpc) is 3.43. The van der Waals surface area contributed by atoms with Crippen LogP contribution in [0.1, 0.15) is 51.6 Å². The molecular weight excluding hydrogens is 375 g/mol. The van der Waals surface area contributed by atoms with Gasteiger partial charge in [0.2, 0.25) is 0 Å². The van der Waals surface area contributed by atoms with Crippen molar-refractivity contribution in [3.63, 3.8) is 0 Å². The maximum Gasteiger partial charge on any atom is 0.263 e. The number of nitrogens with one attached hydrogen (secondary N) is 1. The molecule has 1 heterocycles. The monoisotopic (exact) mass is 400 g/mol. The predicted molar refractivity (Wildman–Crippen MR) is 107 cm³/mol. The number of aryl methyl sites for hydroxylation is 1. The van der Waals surface area contributed by atoms with Crippen LogP contribution in [-0.2, 0) is 11.3 Å². The van der Waals surface area contributed by atoms with E-state index in [4.69, 9.17) is 4.74 Å². The first-order valence-electron chi connectivity index (χ1n) is 9.70. The Morgan fingerprint density at radius 1 is 1.31 bits per heavy atom. The van der Waals surface area contributed by atoms with E-state index in [0.29, 0.717) is 12.2 Å². The number of ketones is 1. The number of carbonyl (C=O) groups is 2. The Hall–Kier alpha value is -2.80. The molecule has 1 saturated carbocycles. The van der Waals surface area contributed by atoms with E-state index in [1.165, 1.54) is 29.9 Å². The average molecular weight is 400 g/mol. The Bertz CT molecular complexity index is 999. The molecule has 0 saturated heterocycles. The molecule has 0 aliphatic heterocycles. The van der Waals surface area contributed by atoms with Gasteiger partial charge in [-0.05, 0) is 38.3 Å². The third-order valence-electron chi connectivity index (χ3n) is 5.11. The van der Waals surface area contributed by atoms with E-state index < -0.39 is 17.3 Å². The normalized spacial score (nSPS) is 17.8. The summed E-state index contributed by atoms with van der Waals surface area (Å²) in [6.45, 7) is 4.27. The van der Waals surface area contributed by atoms with Gasteiger partial charge in [-0.1, -0.05) is 17.7 Å². The van der Waals surface area contributed by atoms with Gasteiger partial charge in [0.1, 0.15) is 11.4 Å². The summed E-state index contributed by atoms with van der Waals surface area (Å²) < 4.78 is 20.9. The summed E-state index contributed by atoms with van der Waals surface area (Å²) >= 11 is 0. The second-order valence-electron chi connectivity index (χ2n) is 7.37. The number of carbonyl (C=O) groups excluding carboxylic acids is 2. The Balaban J connectivity index is 1.94. The zero-order valence-corrected chi connectivity index (χ0v) is 16.8. The molecule has 29 heavy (non-hydrogen) atoms. The predicted octanol–water partition coefficient (Wildman–Crippen LogP) is 2.70. The van der Waals surface area contributed by atoms with Crippen molar-refractivity contribution in [1.82, 2.24) is 9.88 Å². The SMILES string of the molecule is CCO[C@H]1C[C@@H]1CC(=O)c1cc(C(=O)NC)c(=O)n(Cc2cc(C)ccc2F)c1. The van der Waals surface area contributed by atoms with Crippen LogP contribution in [0.25, 0.3) is 0 Å². The fourth-order valence-electron chi connectivity index (χ4n) is 3.42. The lowest BCUT2D eigenvalue weighted by Crippen LogP contribution is -2.32.